The number of ether oxygens (including phenoxy) is 1. The third-order valence-electron chi connectivity index (χ3n) is 5.59. The van der Waals surface area contributed by atoms with Crippen LogP contribution in [0.5, 0.6) is 0 Å². The molecule has 6 nitrogen and oxygen atoms in total. The number of benzene rings is 1. The third-order valence-corrected chi connectivity index (χ3v) is 5.59. The SMILES string of the molecule is Cn1ccnc1C(O)(CC(=O)NCC1(c2cccc(F)c2)CCOCC1)C(F)(F)F. The van der Waals surface area contributed by atoms with Gasteiger partial charge in [-0.25, -0.2) is 9.37 Å². The standard InChI is InChI=1S/C20H23F4N3O3/c1-27-8-7-25-17(27)19(29,20(22,23)24)12-16(28)26-13-18(5-9-30-10-6-18)14-3-2-4-15(21)11-14/h2-4,7-8,11,29H,5-6,9-10,12-13H2,1H3,(H,26,28). The van der Waals surface area contributed by atoms with E-state index in [0.717, 1.165) is 10.8 Å². The van der Waals surface area contributed by atoms with Crippen LogP contribution in [0.4, 0.5) is 17.6 Å². The van der Waals surface area contributed by atoms with Crippen molar-refractivity contribution in [2.24, 2.45) is 7.05 Å². The largest absolute Gasteiger partial charge is 0.425 e. The molecule has 1 aromatic heterocycles. The lowest BCUT2D eigenvalue weighted by Crippen LogP contribution is -2.50. The zero-order chi connectivity index (χ0) is 22.0. The average molecular weight is 429 g/mol. The zero-order valence-electron chi connectivity index (χ0n) is 16.4. The molecule has 30 heavy (non-hydrogen) atoms. The number of nitrogens with one attached hydrogen (secondary N) is 1. The Labute approximate surface area is 170 Å². The van der Waals surface area contributed by atoms with Crippen LogP contribution >= 0.6 is 0 Å². The Balaban J connectivity index is 1.79. The summed E-state index contributed by atoms with van der Waals surface area (Å²) in [5.41, 5.74) is -3.46. The molecule has 164 valence electrons. The molecule has 0 spiro atoms. The smallest absolute Gasteiger partial charge is 0.381 e. The first-order valence-electron chi connectivity index (χ1n) is 9.45. The molecular formula is C20H23F4N3O3. The monoisotopic (exact) mass is 429 g/mol. The van der Waals surface area contributed by atoms with Crippen LogP contribution in [0.15, 0.2) is 36.7 Å². The molecule has 1 saturated heterocycles. The van der Waals surface area contributed by atoms with Crippen LogP contribution in [-0.4, -0.2) is 46.5 Å². The number of nitrogens with zero attached hydrogens (tertiary/aromatic N) is 2. The number of halogens is 4. The molecule has 2 aromatic rings. The summed E-state index contributed by atoms with van der Waals surface area (Å²) in [6, 6.07) is 5.93. The van der Waals surface area contributed by atoms with Crippen molar-refractivity contribution in [1.29, 1.82) is 0 Å². The molecule has 0 radical (unpaired) electrons. The molecule has 1 aliphatic rings. The minimum atomic E-state index is -5.11. The van der Waals surface area contributed by atoms with Gasteiger partial charge in [-0.2, -0.15) is 13.2 Å². The minimum absolute atomic E-state index is 0.00680. The van der Waals surface area contributed by atoms with E-state index in [9.17, 15) is 27.5 Å². The molecule has 0 aliphatic carbocycles. The fourth-order valence-electron chi connectivity index (χ4n) is 3.78. The number of amides is 1. The predicted octanol–water partition coefficient (Wildman–Crippen LogP) is 2.56. The first kappa shape index (κ1) is 22.2. The number of aromatic nitrogens is 2. The molecule has 3 rings (SSSR count). The number of rotatable bonds is 6. The molecule has 1 aliphatic heterocycles. The Kier molecular flexibility index (Phi) is 6.19. The quantitative estimate of drug-likeness (QED) is 0.693. The van der Waals surface area contributed by atoms with Crippen molar-refractivity contribution in [2.45, 2.75) is 36.5 Å². The third kappa shape index (κ3) is 4.34. The molecule has 1 fully saturated rings. The second-order valence-electron chi connectivity index (χ2n) is 7.58. The molecule has 1 aromatic carbocycles. The molecule has 0 saturated carbocycles. The molecule has 10 heteroatoms. The molecule has 2 heterocycles. The van der Waals surface area contributed by atoms with Crippen LogP contribution in [0.3, 0.4) is 0 Å². The summed E-state index contributed by atoms with van der Waals surface area (Å²) in [4.78, 5) is 16.1. The van der Waals surface area contributed by atoms with Crippen molar-refractivity contribution < 1.29 is 32.2 Å². The molecule has 1 atom stereocenters. The maximum absolute atomic E-state index is 13.8. The van der Waals surface area contributed by atoms with Crippen LogP contribution in [0.2, 0.25) is 0 Å². The van der Waals surface area contributed by atoms with Gasteiger partial charge in [0.1, 0.15) is 5.82 Å². The lowest BCUT2D eigenvalue weighted by Gasteiger charge is -2.38. The Hall–Kier alpha value is -2.46. The van der Waals surface area contributed by atoms with E-state index < -0.39 is 41.2 Å². The Bertz CT molecular complexity index is 893. The first-order valence-corrected chi connectivity index (χ1v) is 9.45. The van der Waals surface area contributed by atoms with E-state index in [-0.39, 0.29) is 6.54 Å². The average Bonchev–Trinajstić information content (AvgIpc) is 3.13. The predicted molar refractivity (Wildman–Crippen MR) is 98.9 cm³/mol. The minimum Gasteiger partial charge on any atom is -0.381 e. The van der Waals surface area contributed by atoms with Crippen LogP contribution < -0.4 is 5.32 Å². The summed E-state index contributed by atoms with van der Waals surface area (Å²) in [7, 11) is 1.30. The van der Waals surface area contributed by atoms with Crippen LogP contribution in [0.25, 0.3) is 0 Å². The molecule has 1 amide bonds. The topological polar surface area (TPSA) is 76.4 Å². The van der Waals surface area contributed by atoms with Crippen molar-refractivity contribution in [1.82, 2.24) is 14.9 Å². The summed E-state index contributed by atoms with van der Waals surface area (Å²) in [5, 5.41) is 12.9. The summed E-state index contributed by atoms with van der Waals surface area (Å²) in [5.74, 6) is -2.10. The Morgan fingerprint density at radius 1 is 1.33 bits per heavy atom. The second kappa shape index (κ2) is 8.35. The van der Waals surface area contributed by atoms with Gasteiger partial charge in [0, 0.05) is 44.6 Å². The first-order chi connectivity index (χ1) is 14.1. The lowest BCUT2D eigenvalue weighted by atomic mass is 9.74. The van der Waals surface area contributed by atoms with Gasteiger partial charge in [-0.3, -0.25) is 4.79 Å². The maximum Gasteiger partial charge on any atom is 0.425 e. The number of imidazole rings is 1. The number of hydrogen-bond donors (Lipinski definition) is 2. The van der Waals surface area contributed by atoms with Gasteiger partial charge in [-0.05, 0) is 30.5 Å². The second-order valence-corrected chi connectivity index (χ2v) is 7.58. The van der Waals surface area contributed by atoms with E-state index in [2.05, 4.69) is 10.3 Å². The van der Waals surface area contributed by atoms with Gasteiger partial charge in [0.2, 0.25) is 11.5 Å². The fraction of sp³-hybridized carbons (Fsp3) is 0.500. The lowest BCUT2D eigenvalue weighted by molar-refractivity contribution is -0.271. The van der Waals surface area contributed by atoms with Crippen molar-refractivity contribution in [2.75, 3.05) is 19.8 Å². The fourth-order valence-corrected chi connectivity index (χ4v) is 3.78. The summed E-state index contributed by atoms with van der Waals surface area (Å²) < 4.78 is 61.1. The number of carbonyl (C=O) groups excluding carboxylic acids is 1. The van der Waals surface area contributed by atoms with Gasteiger partial charge >= 0.3 is 6.18 Å². The number of carbonyl (C=O) groups is 1. The van der Waals surface area contributed by atoms with Crippen molar-refractivity contribution >= 4 is 5.91 Å². The van der Waals surface area contributed by atoms with Crippen LogP contribution in [-0.2, 0) is 27.6 Å². The van der Waals surface area contributed by atoms with E-state index in [4.69, 9.17) is 4.74 Å². The highest BCUT2D eigenvalue weighted by atomic mass is 19.4. The van der Waals surface area contributed by atoms with Gasteiger partial charge in [0.25, 0.3) is 0 Å². The number of alkyl halides is 3. The van der Waals surface area contributed by atoms with Gasteiger partial charge in [0.05, 0.1) is 6.42 Å². The van der Waals surface area contributed by atoms with E-state index in [1.807, 2.05) is 0 Å². The normalized spacial score (nSPS) is 18.6. The van der Waals surface area contributed by atoms with E-state index in [1.165, 1.54) is 25.4 Å². The molecule has 2 N–H and O–H groups in total. The van der Waals surface area contributed by atoms with Gasteiger partial charge < -0.3 is 19.7 Å². The van der Waals surface area contributed by atoms with Crippen LogP contribution in [0, 0.1) is 5.82 Å². The van der Waals surface area contributed by atoms with Crippen molar-refractivity contribution in [3.63, 3.8) is 0 Å². The van der Waals surface area contributed by atoms with Crippen LogP contribution in [0.1, 0.15) is 30.7 Å². The molecule has 0 bridgehead atoms. The number of aliphatic hydroxyl groups is 1. The van der Waals surface area contributed by atoms with E-state index >= 15 is 0 Å². The number of hydrogen-bond acceptors (Lipinski definition) is 4. The van der Waals surface area contributed by atoms with Gasteiger partial charge in [-0.1, -0.05) is 12.1 Å². The molecular weight excluding hydrogens is 406 g/mol. The zero-order valence-corrected chi connectivity index (χ0v) is 16.4. The summed E-state index contributed by atoms with van der Waals surface area (Å²) in [6.07, 6.45) is -3.03. The highest BCUT2D eigenvalue weighted by Gasteiger charge is 2.58. The van der Waals surface area contributed by atoms with Crippen molar-refractivity contribution in [3.05, 3.63) is 53.9 Å². The number of aryl methyl sites for hydroxylation is 1. The van der Waals surface area contributed by atoms with E-state index in [0.29, 0.717) is 31.6 Å². The van der Waals surface area contributed by atoms with Gasteiger partial charge in [-0.15, -0.1) is 0 Å². The summed E-state index contributed by atoms with van der Waals surface area (Å²) in [6.45, 7) is 0.755. The molecule has 1 unspecified atom stereocenters. The highest BCUT2D eigenvalue weighted by molar-refractivity contribution is 5.77. The Morgan fingerprint density at radius 3 is 2.60 bits per heavy atom. The van der Waals surface area contributed by atoms with E-state index in [1.54, 1.807) is 12.1 Å². The van der Waals surface area contributed by atoms with Crippen molar-refractivity contribution in [3.8, 4) is 0 Å². The van der Waals surface area contributed by atoms with Gasteiger partial charge in [0.15, 0.2) is 5.82 Å². The highest BCUT2D eigenvalue weighted by Crippen LogP contribution is 2.41. The maximum atomic E-state index is 13.8. The Morgan fingerprint density at radius 2 is 2.03 bits per heavy atom. The summed E-state index contributed by atoms with van der Waals surface area (Å²) >= 11 is 0.